The van der Waals surface area contributed by atoms with Crippen LogP contribution in [0.15, 0.2) is 30.3 Å². The van der Waals surface area contributed by atoms with Crippen LogP contribution in [0.4, 0.5) is 0 Å². The van der Waals surface area contributed by atoms with Crippen LogP contribution in [0.5, 0.6) is 0 Å². The van der Waals surface area contributed by atoms with Gasteiger partial charge in [-0.15, -0.1) is 0 Å². The highest BCUT2D eigenvalue weighted by Crippen LogP contribution is 2.17. The maximum absolute atomic E-state index is 5.82. The average Bonchev–Trinajstić information content (AvgIpc) is 2.45. The van der Waals surface area contributed by atoms with Crippen molar-refractivity contribution in [3.8, 4) is 0 Å². The summed E-state index contributed by atoms with van der Waals surface area (Å²) in [6.45, 7) is 12.0. The van der Waals surface area contributed by atoms with Gasteiger partial charge >= 0.3 is 0 Å². The molecule has 0 radical (unpaired) electrons. The van der Waals surface area contributed by atoms with E-state index in [9.17, 15) is 0 Å². The lowest BCUT2D eigenvalue weighted by Crippen LogP contribution is -2.33. The van der Waals surface area contributed by atoms with E-state index in [1.165, 1.54) is 5.56 Å². The van der Waals surface area contributed by atoms with Gasteiger partial charge in [0.05, 0.1) is 12.2 Å². The summed E-state index contributed by atoms with van der Waals surface area (Å²) in [6.07, 6.45) is 0.914. The topological polar surface area (TPSA) is 30.5 Å². The fourth-order valence-corrected chi connectivity index (χ4v) is 1.96. The predicted octanol–water partition coefficient (Wildman–Crippen LogP) is 3.63. The fraction of sp³-hybridized carbons (Fsp3) is 0.667. The number of methoxy groups -OCH3 is 1. The van der Waals surface area contributed by atoms with Crippen LogP contribution < -0.4 is 5.32 Å². The molecule has 0 heterocycles. The van der Waals surface area contributed by atoms with Crippen molar-refractivity contribution in [3.05, 3.63) is 35.9 Å². The SMILES string of the molecule is COC(C)(C)CCOCC(C)(C)CNCc1ccccc1. The molecule has 0 aliphatic carbocycles. The highest BCUT2D eigenvalue weighted by molar-refractivity contribution is 5.14. The molecule has 3 nitrogen and oxygen atoms in total. The molecule has 1 aromatic rings. The Labute approximate surface area is 130 Å². The van der Waals surface area contributed by atoms with E-state index in [0.29, 0.717) is 0 Å². The standard InChI is InChI=1S/C18H31NO2/c1-17(2,15-21-12-11-18(3,4)20-5)14-19-13-16-9-7-6-8-10-16/h6-10,19H,11-15H2,1-5H3. The summed E-state index contributed by atoms with van der Waals surface area (Å²) in [4.78, 5) is 0. The molecule has 0 fully saturated rings. The third-order valence-electron chi connectivity index (χ3n) is 3.67. The molecule has 1 rings (SSSR count). The summed E-state index contributed by atoms with van der Waals surface area (Å²) >= 11 is 0. The number of hydrogen-bond acceptors (Lipinski definition) is 3. The zero-order valence-corrected chi connectivity index (χ0v) is 14.2. The molecule has 0 aliphatic heterocycles. The summed E-state index contributed by atoms with van der Waals surface area (Å²) in [5.41, 5.74) is 1.35. The second kappa shape index (κ2) is 8.52. The van der Waals surface area contributed by atoms with Crippen LogP contribution in [0.1, 0.15) is 39.7 Å². The van der Waals surface area contributed by atoms with Crippen LogP contribution in [0.25, 0.3) is 0 Å². The first kappa shape index (κ1) is 18.1. The number of nitrogens with one attached hydrogen (secondary N) is 1. The third-order valence-corrected chi connectivity index (χ3v) is 3.67. The third kappa shape index (κ3) is 8.20. The van der Waals surface area contributed by atoms with Crippen LogP contribution >= 0.6 is 0 Å². The van der Waals surface area contributed by atoms with Gasteiger partial charge in [0.15, 0.2) is 0 Å². The minimum atomic E-state index is -0.101. The number of benzene rings is 1. The first-order valence-corrected chi connectivity index (χ1v) is 7.72. The Morgan fingerprint density at radius 3 is 2.33 bits per heavy atom. The van der Waals surface area contributed by atoms with Crippen molar-refractivity contribution >= 4 is 0 Å². The Bertz CT molecular complexity index is 387. The van der Waals surface area contributed by atoms with Gasteiger partial charge in [0.1, 0.15) is 0 Å². The van der Waals surface area contributed by atoms with Crippen LogP contribution in [0, 0.1) is 5.41 Å². The Morgan fingerprint density at radius 1 is 1.05 bits per heavy atom. The van der Waals surface area contributed by atoms with E-state index in [1.54, 1.807) is 7.11 Å². The zero-order chi connectivity index (χ0) is 15.8. The molecule has 0 unspecified atom stereocenters. The van der Waals surface area contributed by atoms with E-state index in [0.717, 1.165) is 32.7 Å². The molecule has 0 atom stereocenters. The minimum absolute atomic E-state index is 0.101. The molecule has 0 aromatic heterocycles. The number of rotatable bonds is 10. The van der Waals surface area contributed by atoms with Gasteiger partial charge in [-0.1, -0.05) is 44.2 Å². The molecule has 3 heteroatoms. The van der Waals surface area contributed by atoms with E-state index in [4.69, 9.17) is 9.47 Å². The Balaban J connectivity index is 2.18. The van der Waals surface area contributed by atoms with Gasteiger partial charge in [0.2, 0.25) is 0 Å². The molecular weight excluding hydrogens is 262 g/mol. The van der Waals surface area contributed by atoms with Crippen LogP contribution in [-0.2, 0) is 16.0 Å². The van der Waals surface area contributed by atoms with Gasteiger partial charge in [0, 0.05) is 32.2 Å². The number of hydrogen-bond donors (Lipinski definition) is 1. The molecule has 1 aromatic carbocycles. The van der Waals surface area contributed by atoms with E-state index >= 15 is 0 Å². The Morgan fingerprint density at radius 2 is 1.71 bits per heavy atom. The van der Waals surface area contributed by atoms with Gasteiger partial charge in [0.25, 0.3) is 0 Å². The predicted molar refractivity (Wildman–Crippen MR) is 88.5 cm³/mol. The average molecular weight is 293 g/mol. The minimum Gasteiger partial charge on any atom is -0.381 e. The van der Waals surface area contributed by atoms with E-state index < -0.39 is 0 Å². The second-order valence-corrected chi connectivity index (χ2v) is 7.02. The van der Waals surface area contributed by atoms with Crippen molar-refractivity contribution in [1.82, 2.24) is 5.32 Å². The molecule has 0 spiro atoms. The van der Waals surface area contributed by atoms with Gasteiger partial charge in [-0.3, -0.25) is 0 Å². The summed E-state index contributed by atoms with van der Waals surface area (Å²) in [5.74, 6) is 0. The van der Waals surface area contributed by atoms with Crippen LogP contribution in [0.2, 0.25) is 0 Å². The molecular formula is C18H31NO2. The van der Waals surface area contributed by atoms with E-state index in [2.05, 4.69) is 57.3 Å². The lowest BCUT2D eigenvalue weighted by molar-refractivity contribution is -0.0209. The van der Waals surface area contributed by atoms with E-state index in [1.807, 2.05) is 6.07 Å². The number of ether oxygens (including phenoxy) is 2. The molecule has 0 saturated heterocycles. The van der Waals surface area contributed by atoms with Crippen molar-refractivity contribution in [2.45, 2.75) is 46.3 Å². The first-order valence-electron chi connectivity index (χ1n) is 7.72. The molecule has 21 heavy (non-hydrogen) atoms. The van der Waals surface area contributed by atoms with Crippen LogP contribution in [-0.4, -0.2) is 32.5 Å². The lowest BCUT2D eigenvalue weighted by Gasteiger charge is -2.27. The normalized spacial score (nSPS) is 12.6. The molecule has 0 aliphatic rings. The monoisotopic (exact) mass is 293 g/mol. The van der Waals surface area contributed by atoms with Crippen molar-refractivity contribution in [2.75, 3.05) is 26.9 Å². The summed E-state index contributed by atoms with van der Waals surface area (Å²) in [7, 11) is 1.75. The molecule has 1 N–H and O–H groups in total. The summed E-state index contributed by atoms with van der Waals surface area (Å²) in [5, 5.41) is 3.51. The smallest absolute Gasteiger partial charge is 0.0644 e. The Hall–Kier alpha value is -0.900. The maximum atomic E-state index is 5.82. The Kier molecular flexibility index (Phi) is 7.36. The summed E-state index contributed by atoms with van der Waals surface area (Å²) < 4.78 is 11.2. The maximum Gasteiger partial charge on any atom is 0.0644 e. The van der Waals surface area contributed by atoms with Crippen molar-refractivity contribution < 1.29 is 9.47 Å². The van der Waals surface area contributed by atoms with E-state index in [-0.39, 0.29) is 11.0 Å². The van der Waals surface area contributed by atoms with Gasteiger partial charge in [-0.25, -0.2) is 0 Å². The van der Waals surface area contributed by atoms with Gasteiger partial charge < -0.3 is 14.8 Å². The summed E-state index contributed by atoms with van der Waals surface area (Å²) in [6, 6.07) is 10.5. The quantitative estimate of drug-likeness (QED) is 0.668. The molecule has 0 amide bonds. The largest absolute Gasteiger partial charge is 0.381 e. The molecule has 0 bridgehead atoms. The second-order valence-electron chi connectivity index (χ2n) is 7.02. The van der Waals surface area contributed by atoms with Crippen LogP contribution in [0.3, 0.4) is 0 Å². The van der Waals surface area contributed by atoms with Gasteiger partial charge in [-0.2, -0.15) is 0 Å². The highest BCUT2D eigenvalue weighted by Gasteiger charge is 2.20. The zero-order valence-electron chi connectivity index (χ0n) is 14.2. The van der Waals surface area contributed by atoms with Crippen molar-refractivity contribution in [3.63, 3.8) is 0 Å². The molecule has 120 valence electrons. The van der Waals surface area contributed by atoms with Crippen molar-refractivity contribution in [2.24, 2.45) is 5.41 Å². The highest BCUT2D eigenvalue weighted by atomic mass is 16.5. The lowest BCUT2D eigenvalue weighted by atomic mass is 9.94. The molecule has 0 saturated carbocycles. The fourth-order valence-electron chi connectivity index (χ4n) is 1.96. The van der Waals surface area contributed by atoms with Crippen molar-refractivity contribution in [1.29, 1.82) is 0 Å². The van der Waals surface area contributed by atoms with Gasteiger partial charge in [-0.05, 0) is 25.8 Å². The first-order chi connectivity index (χ1) is 9.85.